The molecular weight excluding hydrogens is 266 g/mol. The number of aromatic nitrogens is 4. The highest BCUT2D eigenvalue weighted by Gasteiger charge is 2.28. The van der Waals surface area contributed by atoms with Crippen molar-refractivity contribution in [3.63, 3.8) is 0 Å². The second-order valence-corrected chi connectivity index (χ2v) is 5.64. The second-order valence-electron chi connectivity index (χ2n) is 5.64. The van der Waals surface area contributed by atoms with Crippen molar-refractivity contribution in [2.24, 2.45) is 0 Å². The summed E-state index contributed by atoms with van der Waals surface area (Å²) in [5, 5.41) is 7.19. The number of aromatic amines is 1. The van der Waals surface area contributed by atoms with E-state index in [4.69, 9.17) is 0 Å². The fourth-order valence-electron chi connectivity index (χ4n) is 2.71. The smallest absolute Gasteiger partial charge is 0.219 e. The van der Waals surface area contributed by atoms with Gasteiger partial charge in [-0.05, 0) is 32.4 Å². The molecule has 1 fully saturated rings. The molecule has 1 saturated heterocycles. The van der Waals surface area contributed by atoms with Gasteiger partial charge in [-0.3, -0.25) is 9.89 Å². The summed E-state index contributed by atoms with van der Waals surface area (Å²) in [6.07, 6.45) is 0.919. The zero-order valence-corrected chi connectivity index (χ0v) is 12.6. The molecule has 6 nitrogen and oxygen atoms in total. The molecule has 1 N–H and O–H groups in total. The van der Waals surface area contributed by atoms with Gasteiger partial charge in [0.25, 0.3) is 0 Å². The first-order chi connectivity index (χ1) is 10.0. The number of likely N-dealkylation sites (tertiary alicyclic amines) is 1. The van der Waals surface area contributed by atoms with Crippen molar-refractivity contribution in [3.05, 3.63) is 29.3 Å². The second kappa shape index (κ2) is 5.27. The van der Waals surface area contributed by atoms with E-state index in [2.05, 4.69) is 20.2 Å². The first-order valence-corrected chi connectivity index (χ1v) is 7.16. The van der Waals surface area contributed by atoms with Crippen LogP contribution in [-0.4, -0.2) is 44.1 Å². The van der Waals surface area contributed by atoms with Gasteiger partial charge < -0.3 is 4.90 Å². The number of nitrogens with one attached hydrogen (secondary N) is 1. The van der Waals surface area contributed by atoms with E-state index in [0.717, 1.165) is 41.6 Å². The van der Waals surface area contributed by atoms with Gasteiger partial charge in [0.05, 0.1) is 5.69 Å². The summed E-state index contributed by atoms with van der Waals surface area (Å²) in [6.45, 7) is 7.03. The van der Waals surface area contributed by atoms with Crippen molar-refractivity contribution in [2.75, 3.05) is 13.1 Å². The Kier molecular flexibility index (Phi) is 3.45. The third-order valence-corrected chi connectivity index (χ3v) is 3.84. The van der Waals surface area contributed by atoms with E-state index in [1.807, 2.05) is 30.9 Å². The first-order valence-electron chi connectivity index (χ1n) is 7.16. The minimum Gasteiger partial charge on any atom is -0.342 e. The number of nitrogens with zero attached hydrogens (tertiary/aromatic N) is 4. The van der Waals surface area contributed by atoms with Crippen LogP contribution in [0.5, 0.6) is 0 Å². The van der Waals surface area contributed by atoms with Crippen LogP contribution in [0.1, 0.15) is 36.5 Å². The molecule has 0 aromatic carbocycles. The van der Waals surface area contributed by atoms with Crippen LogP contribution in [-0.2, 0) is 4.79 Å². The SMILES string of the molecule is CC(=O)N1CC[C@H](c2nc(C)cc(-c3cc(C)[nH]n3)n2)C1. The van der Waals surface area contributed by atoms with Crippen molar-refractivity contribution < 1.29 is 4.79 Å². The summed E-state index contributed by atoms with van der Waals surface area (Å²) in [5.41, 5.74) is 3.60. The molecule has 1 amide bonds. The van der Waals surface area contributed by atoms with Gasteiger partial charge in [-0.25, -0.2) is 9.97 Å². The number of carbonyl (C=O) groups excluding carboxylic acids is 1. The van der Waals surface area contributed by atoms with Crippen LogP contribution >= 0.6 is 0 Å². The van der Waals surface area contributed by atoms with Crippen LogP contribution in [0.15, 0.2) is 12.1 Å². The van der Waals surface area contributed by atoms with Gasteiger partial charge in [0.15, 0.2) is 0 Å². The monoisotopic (exact) mass is 285 g/mol. The van der Waals surface area contributed by atoms with Crippen LogP contribution in [0, 0.1) is 13.8 Å². The molecule has 6 heteroatoms. The predicted octanol–water partition coefficient (Wildman–Crippen LogP) is 1.82. The molecule has 0 unspecified atom stereocenters. The summed E-state index contributed by atoms with van der Waals surface area (Å²) < 4.78 is 0. The van der Waals surface area contributed by atoms with E-state index in [9.17, 15) is 4.79 Å². The highest BCUT2D eigenvalue weighted by molar-refractivity contribution is 5.73. The Bertz CT molecular complexity index is 678. The van der Waals surface area contributed by atoms with E-state index in [0.29, 0.717) is 6.54 Å². The van der Waals surface area contributed by atoms with E-state index in [-0.39, 0.29) is 11.8 Å². The van der Waals surface area contributed by atoms with Crippen LogP contribution < -0.4 is 0 Å². The molecule has 0 aliphatic carbocycles. The third kappa shape index (κ3) is 2.79. The lowest BCUT2D eigenvalue weighted by atomic mass is 10.1. The van der Waals surface area contributed by atoms with Crippen molar-refractivity contribution in [2.45, 2.75) is 33.1 Å². The van der Waals surface area contributed by atoms with Crippen molar-refractivity contribution in [3.8, 4) is 11.4 Å². The number of hydrogen-bond donors (Lipinski definition) is 1. The largest absolute Gasteiger partial charge is 0.342 e. The molecule has 0 saturated carbocycles. The topological polar surface area (TPSA) is 74.8 Å². The maximum absolute atomic E-state index is 11.5. The molecule has 21 heavy (non-hydrogen) atoms. The minimum atomic E-state index is 0.119. The van der Waals surface area contributed by atoms with Crippen molar-refractivity contribution in [1.82, 2.24) is 25.1 Å². The summed E-state index contributed by atoms with van der Waals surface area (Å²) in [6, 6.07) is 3.92. The Morgan fingerprint density at radius 2 is 2.10 bits per heavy atom. The Hall–Kier alpha value is -2.24. The van der Waals surface area contributed by atoms with Gasteiger partial charge >= 0.3 is 0 Å². The van der Waals surface area contributed by atoms with Crippen LogP contribution in [0.2, 0.25) is 0 Å². The molecule has 3 heterocycles. The number of aryl methyl sites for hydroxylation is 2. The molecule has 110 valence electrons. The molecule has 1 atom stereocenters. The fourth-order valence-corrected chi connectivity index (χ4v) is 2.71. The molecule has 0 spiro atoms. The quantitative estimate of drug-likeness (QED) is 0.913. The Balaban J connectivity index is 1.90. The van der Waals surface area contributed by atoms with E-state index in [1.54, 1.807) is 6.92 Å². The first kappa shape index (κ1) is 13.7. The van der Waals surface area contributed by atoms with Crippen molar-refractivity contribution in [1.29, 1.82) is 0 Å². The standard InChI is InChI=1S/C15H19N5O/c1-9-6-13(14-7-10(2)18-19-14)17-15(16-9)12-4-5-20(8-12)11(3)21/h6-7,12H,4-5,8H2,1-3H3,(H,18,19)/t12-/m0/s1. The molecule has 2 aromatic heterocycles. The molecule has 0 radical (unpaired) electrons. The number of rotatable bonds is 2. The number of hydrogen-bond acceptors (Lipinski definition) is 4. The fraction of sp³-hybridized carbons (Fsp3) is 0.467. The normalized spacial score (nSPS) is 18.2. The lowest BCUT2D eigenvalue weighted by molar-refractivity contribution is -0.127. The summed E-state index contributed by atoms with van der Waals surface area (Å²) in [7, 11) is 0. The number of amides is 1. The van der Waals surface area contributed by atoms with Crippen LogP contribution in [0.3, 0.4) is 0 Å². The highest BCUT2D eigenvalue weighted by atomic mass is 16.2. The average Bonchev–Trinajstić information content (AvgIpc) is 3.06. The van der Waals surface area contributed by atoms with Gasteiger partial charge in [0.1, 0.15) is 11.5 Å². The van der Waals surface area contributed by atoms with Gasteiger partial charge in [-0.1, -0.05) is 0 Å². The molecule has 0 bridgehead atoms. The molecule has 2 aromatic rings. The Morgan fingerprint density at radius 3 is 2.71 bits per heavy atom. The van der Waals surface area contributed by atoms with Gasteiger partial charge in [0, 0.05) is 37.3 Å². The number of H-pyrrole nitrogens is 1. The number of carbonyl (C=O) groups is 1. The van der Waals surface area contributed by atoms with Crippen LogP contribution in [0.25, 0.3) is 11.4 Å². The molecular formula is C15H19N5O. The zero-order chi connectivity index (χ0) is 15.0. The van der Waals surface area contributed by atoms with Gasteiger partial charge in [-0.15, -0.1) is 0 Å². The Morgan fingerprint density at radius 1 is 1.29 bits per heavy atom. The van der Waals surface area contributed by atoms with Crippen molar-refractivity contribution >= 4 is 5.91 Å². The summed E-state index contributed by atoms with van der Waals surface area (Å²) in [5.74, 6) is 1.15. The van der Waals surface area contributed by atoms with Gasteiger partial charge in [-0.2, -0.15) is 5.10 Å². The Labute approximate surface area is 123 Å². The molecule has 1 aliphatic rings. The lowest BCUT2D eigenvalue weighted by Gasteiger charge is -2.13. The molecule has 3 rings (SSSR count). The highest BCUT2D eigenvalue weighted by Crippen LogP contribution is 2.26. The maximum atomic E-state index is 11.5. The van der Waals surface area contributed by atoms with E-state index < -0.39 is 0 Å². The average molecular weight is 285 g/mol. The minimum absolute atomic E-state index is 0.119. The summed E-state index contributed by atoms with van der Waals surface area (Å²) in [4.78, 5) is 22.5. The van der Waals surface area contributed by atoms with E-state index in [1.165, 1.54) is 0 Å². The van der Waals surface area contributed by atoms with Crippen LogP contribution in [0.4, 0.5) is 0 Å². The molecule has 1 aliphatic heterocycles. The van der Waals surface area contributed by atoms with E-state index >= 15 is 0 Å². The summed E-state index contributed by atoms with van der Waals surface area (Å²) >= 11 is 0. The zero-order valence-electron chi connectivity index (χ0n) is 12.6. The maximum Gasteiger partial charge on any atom is 0.219 e. The predicted molar refractivity (Wildman–Crippen MR) is 78.7 cm³/mol. The lowest BCUT2D eigenvalue weighted by Crippen LogP contribution is -2.25. The van der Waals surface area contributed by atoms with Gasteiger partial charge in [0.2, 0.25) is 5.91 Å². The third-order valence-electron chi connectivity index (χ3n) is 3.84.